The van der Waals surface area contributed by atoms with Gasteiger partial charge in [-0.05, 0) is 42.4 Å². The molecule has 1 saturated carbocycles. The highest BCUT2D eigenvalue weighted by molar-refractivity contribution is 6.05. The molecule has 3 aliphatic rings. The summed E-state index contributed by atoms with van der Waals surface area (Å²) >= 11 is 0. The van der Waals surface area contributed by atoms with Gasteiger partial charge in [-0.3, -0.25) is 19.7 Å². The second-order valence-electron chi connectivity index (χ2n) is 8.57. The molecule has 1 N–H and O–H groups in total. The first-order valence-electron chi connectivity index (χ1n) is 10.9. The first-order chi connectivity index (χ1) is 13.6. The molecule has 5 heteroatoms. The zero-order chi connectivity index (χ0) is 19.5. The van der Waals surface area contributed by atoms with Crippen LogP contribution in [-0.4, -0.2) is 28.7 Å². The van der Waals surface area contributed by atoms with Gasteiger partial charge in [0.1, 0.15) is 6.04 Å². The lowest BCUT2D eigenvalue weighted by Crippen LogP contribution is -2.52. The monoisotopic (exact) mass is 382 g/mol. The molecule has 2 aliphatic heterocycles. The fourth-order valence-corrected chi connectivity index (χ4v) is 4.99. The number of hydrogen-bond donors (Lipinski definition) is 1. The van der Waals surface area contributed by atoms with Crippen LogP contribution in [0.2, 0.25) is 0 Å². The van der Waals surface area contributed by atoms with Crippen LogP contribution in [-0.2, 0) is 16.1 Å². The highest BCUT2D eigenvalue weighted by Crippen LogP contribution is 2.34. The summed E-state index contributed by atoms with van der Waals surface area (Å²) < 4.78 is 0. The molecule has 1 unspecified atom stereocenters. The summed E-state index contributed by atoms with van der Waals surface area (Å²) in [6.45, 7) is 0.473. The molecule has 0 spiro atoms. The normalized spacial score (nSPS) is 24.8. The Morgan fingerprint density at radius 2 is 1.54 bits per heavy atom. The van der Waals surface area contributed by atoms with Crippen LogP contribution in [0.5, 0.6) is 0 Å². The summed E-state index contributed by atoms with van der Waals surface area (Å²) in [6, 6.07) is 5.75. The van der Waals surface area contributed by atoms with E-state index in [1.807, 2.05) is 6.07 Å². The summed E-state index contributed by atoms with van der Waals surface area (Å²) in [5, 5.41) is 2.37. The fraction of sp³-hybridized carbons (Fsp3) is 0.609. The summed E-state index contributed by atoms with van der Waals surface area (Å²) in [5.74, 6) is -0.0983. The maximum Gasteiger partial charge on any atom is 0.255 e. The number of nitrogens with one attached hydrogen (secondary N) is 1. The van der Waals surface area contributed by atoms with Gasteiger partial charge in [-0.25, -0.2) is 0 Å². The van der Waals surface area contributed by atoms with E-state index in [9.17, 15) is 14.4 Å². The largest absolute Gasteiger partial charge is 0.322 e. The van der Waals surface area contributed by atoms with Gasteiger partial charge < -0.3 is 4.90 Å². The lowest BCUT2D eigenvalue weighted by Gasteiger charge is -2.29. The molecule has 1 aromatic carbocycles. The zero-order valence-corrected chi connectivity index (χ0v) is 16.5. The lowest BCUT2D eigenvalue weighted by molar-refractivity contribution is -0.136. The van der Waals surface area contributed by atoms with Crippen molar-refractivity contribution >= 4 is 17.7 Å². The molecule has 150 valence electrons. The van der Waals surface area contributed by atoms with Crippen LogP contribution >= 0.6 is 0 Å². The van der Waals surface area contributed by atoms with Crippen molar-refractivity contribution in [2.75, 3.05) is 0 Å². The fourth-order valence-electron chi connectivity index (χ4n) is 4.99. The highest BCUT2D eigenvalue weighted by atomic mass is 16.2. The average molecular weight is 383 g/mol. The molecule has 1 atom stereocenters. The van der Waals surface area contributed by atoms with Crippen molar-refractivity contribution in [3.8, 4) is 0 Å². The van der Waals surface area contributed by atoms with Crippen molar-refractivity contribution in [2.24, 2.45) is 0 Å². The Hall–Kier alpha value is -2.17. The van der Waals surface area contributed by atoms with Crippen molar-refractivity contribution in [3.63, 3.8) is 0 Å². The molecule has 0 radical (unpaired) electrons. The van der Waals surface area contributed by atoms with Crippen molar-refractivity contribution in [3.05, 3.63) is 34.9 Å². The van der Waals surface area contributed by atoms with Crippen molar-refractivity contribution < 1.29 is 14.4 Å². The van der Waals surface area contributed by atoms with Gasteiger partial charge >= 0.3 is 0 Å². The Morgan fingerprint density at radius 3 is 2.21 bits per heavy atom. The second-order valence-corrected chi connectivity index (χ2v) is 8.57. The van der Waals surface area contributed by atoms with E-state index in [0.717, 1.165) is 5.56 Å². The molecule has 3 amide bonds. The van der Waals surface area contributed by atoms with Crippen molar-refractivity contribution in [1.29, 1.82) is 0 Å². The van der Waals surface area contributed by atoms with Crippen LogP contribution in [0.1, 0.15) is 98.0 Å². The first-order valence-corrected chi connectivity index (χ1v) is 10.9. The van der Waals surface area contributed by atoms with E-state index < -0.39 is 6.04 Å². The number of piperidine rings is 1. The number of carbonyl (C=O) groups is 3. The van der Waals surface area contributed by atoms with Crippen molar-refractivity contribution in [2.45, 2.75) is 89.1 Å². The Bertz CT molecular complexity index is 763. The molecular formula is C23H30N2O3. The van der Waals surface area contributed by atoms with Gasteiger partial charge in [0, 0.05) is 18.5 Å². The Balaban J connectivity index is 1.50. The predicted octanol–water partition coefficient (Wildman–Crippen LogP) is 4.06. The van der Waals surface area contributed by atoms with E-state index in [4.69, 9.17) is 0 Å². The number of fused-ring (bicyclic) bond motifs is 1. The molecular weight excluding hydrogens is 352 g/mol. The number of carbonyl (C=O) groups excluding carboxylic acids is 3. The number of rotatable bonds is 2. The molecule has 5 nitrogen and oxygen atoms in total. The summed E-state index contributed by atoms with van der Waals surface area (Å²) in [6.07, 6.45) is 12.5. The maximum absolute atomic E-state index is 12.9. The average Bonchev–Trinajstić information content (AvgIpc) is 3.02. The smallest absolute Gasteiger partial charge is 0.255 e. The second kappa shape index (κ2) is 8.46. The first kappa shape index (κ1) is 19.2. The van der Waals surface area contributed by atoms with E-state index in [1.54, 1.807) is 4.90 Å². The number of imide groups is 1. The predicted molar refractivity (Wildman–Crippen MR) is 107 cm³/mol. The van der Waals surface area contributed by atoms with E-state index in [1.165, 1.54) is 63.4 Å². The van der Waals surface area contributed by atoms with E-state index in [-0.39, 0.29) is 17.7 Å². The maximum atomic E-state index is 12.9. The van der Waals surface area contributed by atoms with Crippen LogP contribution in [0.4, 0.5) is 0 Å². The van der Waals surface area contributed by atoms with Gasteiger partial charge in [0.25, 0.3) is 5.91 Å². The Kier molecular flexibility index (Phi) is 5.79. The number of hydrogen-bond acceptors (Lipinski definition) is 3. The minimum Gasteiger partial charge on any atom is -0.322 e. The van der Waals surface area contributed by atoms with Crippen LogP contribution in [0.3, 0.4) is 0 Å². The third-order valence-electron chi connectivity index (χ3n) is 6.62. The highest BCUT2D eigenvalue weighted by Gasteiger charge is 2.39. The lowest BCUT2D eigenvalue weighted by atomic mass is 9.86. The molecule has 2 heterocycles. The summed E-state index contributed by atoms with van der Waals surface area (Å²) in [5.41, 5.74) is 3.09. The standard InChI is InChI=1S/C23H30N2O3/c26-21-13-12-20(22(27)24-21)25-15-18-14-17(10-11-19(18)23(25)28)16-8-6-4-2-1-3-5-7-9-16/h10-11,14,16,20H,1-9,12-13,15H2,(H,24,26,27). The quantitative estimate of drug-likeness (QED) is 0.785. The molecule has 1 aromatic rings. The summed E-state index contributed by atoms with van der Waals surface area (Å²) in [4.78, 5) is 38.1. The van der Waals surface area contributed by atoms with Gasteiger partial charge in [-0.2, -0.15) is 0 Å². The number of nitrogens with zero attached hydrogens (tertiary/aromatic N) is 1. The van der Waals surface area contributed by atoms with Gasteiger partial charge in [0.15, 0.2) is 0 Å². The minimum atomic E-state index is -0.533. The third kappa shape index (κ3) is 3.98. The van der Waals surface area contributed by atoms with Gasteiger partial charge in [-0.1, -0.05) is 57.1 Å². The molecule has 0 bridgehead atoms. The number of benzene rings is 1. The number of amides is 3. The van der Waals surface area contributed by atoms with Crippen LogP contribution < -0.4 is 5.32 Å². The van der Waals surface area contributed by atoms with Gasteiger partial charge in [0.05, 0.1) is 0 Å². The Morgan fingerprint density at radius 1 is 0.857 bits per heavy atom. The molecule has 1 saturated heterocycles. The summed E-state index contributed by atoms with van der Waals surface area (Å²) in [7, 11) is 0. The van der Waals surface area contributed by atoms with Crippen LogP contribution in [0.25, 0.3) is 0 Å². The zero-order valence-electron chi connectivity index (χ0n) is 16.5. The minimum absolute atomic E-state index is 0.0815. The molecule has 2 fully saturated rings. The molecule has 0 aromatic heterocycles. The van der Waals surface area contributed by atoms with E-state index >= 15 is 0 Å². The molecule has 28 heavy (non-hydrogen) atoms. The van der Waals surface area contributed by atoms with Gasteiger partial charge in [0.2, 0.25) is 11.8 Å². The van der Waals surface area contributed by atoms with Crippen molar-refractivity contribution in [1.82, 2.24) is 10.2 Å². The topological polar surface area (TPSA) is 66.5 Å². The Labute approximate surface area is 166 Å². The molecule has 4 rings (SSSR count). The van der Waals surface area contributed by atoms with E-state index in [2.05, 4.69) is 17.4 Å². The third-order valence-corrected chi connectivity index (χ3v) is 6.62. The van der Waals surface area contributed by atoms with Crippen LogP contribution in [0, 0.1) is 0 Å². The molecule has 1 aliphatic carbocycles. The van der Waals surface area contributed by atoms with Gasteiger partial charge in [-0.15, -0.1) is 0 Å². The van der Waals surface area contributed by atoms with E-state index in [0.29, 0.717) is 30.9 Å². The SMILES string of the molecule is O=C1CCC(N2Cc3cc(C4CCCCCCCCC4)ccc3C2=O)C(=O)N1. The van der Waals surface area contributed by atoms with Crippen LogP contribution in [0.15, 0.2) is 18.2 Å².